The highest BCUT2D eigenvalue weighted by molar-refractivity contribution is 5.30. The number of rotatable bonds is 6. The van der Waals surface area contributed by atoms with E-state index in [-0.39, 0.29) is 0 Å². The van der Waals surface area contributed by atoms with Crippen LogP contribution in [0, 0.1) is 13.8 Å². The van der Waals surface area contributed by atoms with Crippen molar-refractivity contribution in [2.75, 3.05) is 13.2 Å². The van der Waals surface area contributed by atoms with E-state index in [2.05, 4.69) is 44.3 Å². The summed E-state index contributed by atoms with van der Waals surface area (Å²) in [7, 11) is 0. The van der Waals surface area contributed by atoms with E-state index in [1.807, 2.05) is 0 Å². The van der Waals surface area contributed by atoms with Gasteiger partial charge < -0.3 is 10.1 Å². The van der Waals surface area contributed by atoms with E-state index in [0.717, 1.165) is 26.0 Å². The molecule has 1 aliphatic rings. The van der Waals surface area contributed by atoms with Crippen molar-refractivity contribution >= 4 is 0 Å². The van der Waals surface area contributed by atoms with Gasteiger partial charge in [0, 0.05) is 12.6 Å². The van der Waals surface area contributed by atoms with Gasteiger partial charge in [-0.1, -0.05) is 25.1 Å². The Labute approximate surface area is 117 Å². The van der Waals surface area contributed by atoms with Crippen LogP contribution in [-0.2, 0) is 11.2 Å². The maximum absolute atomic E-state index is 5.77. The summed E-state index contributed by atoms with van der Waals surface area (Å²) in [5.74, 6) is 0. The maximum atomic E-state index is 5.77. The summed E-state index contributed by atoms with van der Waals surface area (Å²) in [6.07, 6.45) is 5.17. The Morgan fingerprint density at radius 2 is 2.16 bits per heavy atom. The fraction of sp³-hybridized carbons (Fsp3) is 0.647. The van der Waals surface area contributed by atoms with Crippen molar-refractivity contribution < 1.29 is 4.74 Å². The topological polar surface area (TPSA) is 21.3 Å². The smallest absolute Gasteiger partial charge is 0.0590 e. The van der Waals surface area contributed by atoms with Crippen molar-refractivity contribution in [3.8, 4) is 0 Å². The van der Waals surface area contributed by atoms with E-state index in [1.54, 1.807) is 0 Å². The third-order valence-electron chi connectivity index (χ3n) is 4.12. The molecule has 0 aromatic heterocycles. The van der Waals surface area contributed by atoms with Gasteiger partial charge in [-0.3, -0.25) is 0 Å². The molecule has 19 heavy (non-hydrogen) atoms. The second-order valence-corrected chi connectivity index (χ2v) is 5.75. The predicted octanol–water partition coefficient (Wildman–Crippen LogP) is 3.39. The highest BCUT2D eigenvalue weighted by atomic mass is 16.5. The summed E-state index contributed by atoms with van der Waals surface area (Å²) in [5, 5.41) is 3.61. The summed E-state index contributed by atoms with van der Waals surface area (Å²) in [5.41, 5.74) is 4.21. The van der Waals surface area contributed by atoms with E-state index >= 15 is 0 Å². The van der Waals surface area contributed by atoms with Gasteiger partial charge in [0.15, 0.2) is 0 Å². The second kappa shape index (κ2) is 7.06. The molecule has 1 saturated heterocycles. The van der Waals surface area contributed by atoms with E-state index < -0.39 is 0 Å². The van der Waals surface area contributed by atoms with Crippen LogP contribution < -0.4 is 5.32 Å². The van der Waals surface area contributed by atoms with E-state index in [9.17, 15) is 0 Å². The third kappa shape index (κ3) is 4.32. The van der Waals surface area contributed by atoms with Gasteiger partial charge in [0.05, 0.1) is 6.10 Å². The van der Waals surface area contributed by atoms with Crippen molar-refractivity contribution in [1.29, 1.82) is 0 Å². The molecule has 0 spiro atoms. The first kappa shape index (κ1) is 14.5. The van der Waals surface area contributed by atoms with Crippen LogP contribution in [-0.4, -0.2) is 25.3 Å². The molecule has 106 valence electrons. The van der Waals surface area contributed by atoms with E-state index in [0.29, 0.717) is 12.1 Å². The molecule has 0 saturated carbocycles. The molecule has 2 rings (SSSR count). The molecule has 1 aromatic carbocycles. The zero-order valence-corrected chi connectivity index (χ0v) is 12.5. The van der Waals surface area contributed by atoms with Gasteiger partial charge in [0.2, 0.25) is 0 Å². The molecular weight excluding hydrogens is 234 g/mol. The normalized spacial score (nSPS) is 20.7. The molecule has 1 fully saturated rings. The van der Waals surface area contributed by atoms with Crippen molar-refractivity contribution in [3.05, 3.63) is 34.9 Å². The molecule has 1 N–H and O–H groups in total. The minimum atomic E-state index is 0.468. The van der Waals surface area contributed by atoms with Crippen LogP contribution >= 0.6 is 0 Å². The molecule has 0 aliphatic carbocycles. The first-order chi connectivity index (χ1) is 9.19. The van der Waals surface area contributed by atoms with Crippen LogP contribution in [0.25, 0.3) is 0 Å². The largest absolute Gasteiger partial charge is 0.378 e. The number of likely N-dealkylation sites (N-methyl/N-ethyl adjacent to an activating group) is 1. The first-order valence-corrected chi connectivity index (χ1v) is 7.60. The average Bonchev–Trinajstić information content (AvgIpc) is 2.87. The molecule has 2 unspecified atom stereocenters. The fourth-order valence-electron chi connectivity index (χ4n) is 2.89. The molecule has 0 amide bonds. The van der Waals surface area contributed by atoms with Crippen LogP contribution in [0.15, 0.2) is 18.2 Å². The zero-order valence-electron chi connectivity index (χ0n) is 12.5. The second-order valence-electron chi connectivity index (χ2n) is 5.75. The van der Waals surface area contributed by atoms with Crippen LogP contribution in [0.4, 0.5) is 0 Å². The van der Waals surface area contributed by atoms with Gasteiger partial charge in [0.25, 0.3) is 0 Å². The number of ether oxygens (including phenoxy) is 1. The number of nitrogens with one attached hydrogen (secondary N) is 1. The Hall–Kier alpha value is -0.860. The lowest BCUT2D eigenvalue weighted by molar-refractivity contribution is 0.0948. The van der Waals surface area contributed by atoms with Gasteiger partial charge in [-0.15, -0.1) is 0 Å². The quantitative estimate of drug-likeness (QED) is 0.847. The lowest BCUT2D eigenvalue weighted by atomic mass is 9.97. The molecular formula is C17H27NO. The van der Waals surface area contributed by atoms with Gasteiger partial charge >= 0.3 is 0 Å². The van der Waals surface area contributed by atoms with Crippen molar-refractivity contribution in [2.24, 2.45) is 0 Å². The highest BCUT2D eigenvalue weighted by Crippen LogP contribution is 2.19. The highest BCUT2D eigenvalue weighted by Gasteiger charge is 2.20. The van der Waals surface area contributed by atoms with E-state index in [4.69, 9.17) is 4.74 Å². The monoisotopic (exact) mass is 261 g/mol. The molecule has 2 heteroatoms. The Morgan fingerprint density at radius 1 is 1.32 bits per heavy atom. The van der Waals surface area contributed by atoms with Crippen LogP contribution in [0.2, 0.25) is 0 Å². The summed E-state index contributed by atoms with van der Waals surface area (Å²) >= 11 is 0. The molecule has 2 atom stereocenters. The Balaban J connectivity index is 1.96. The summed E-state index contributed by atoms with van der Waals surface area (Å²) in [6, 6.07) is 7.37. The molecule has 2 nitrogen and oxygen atoms in total. The Kier molecular flexibility index (Phi) is 5.41. The zero-order chi connectivity index (χ0) is 13.7. The fourth-order valence-corrected chi connectivity index (χ4v) is 2.89. The van der Waals surface area contributed by atoms with Crippen molar-refractivity contribution in [3.63, 3.8) is 0 Å². The number of hydrogen-bond acceptors (Lipinski definition) is 2. The number of benzene rings is 1. The summed E-state index contributed by atoms with van der Waals surface area (Å²) in [6.45, 7) is 8.53. The van der Waals surface area contributed by atoms with Crippen molar-refractivity contribution in [1.82, 2.24) is 5.32 Å². The van der Waals surface area contributed by atoms with Crippen LogP contribution in [0.5, 0.6) is 0 Å². The van der Waals surface area contributed by atoms with Gasteiger partial charge in [-0.05, 0) is 62.8 Å². The van der Waals surface area contributed by atoms with Crippen molar-refractivity contribution in [2.45, 2.75) is 58.6 Å². The third-order valence-corrected chi connectivity index (χ3v) is 4.12. The number of hydrogen-bond donors (Lipinski definition) is 1. The van der Waals surface area contributed by atoms with E-state index in [1.165, 1.54) is 29.5 Å². The van der Waals surface area contributed by atoms with Gasteiger partial charge in [-0.2, -0.15) is 0 Å². The molecule has 1 heterocycles. The minimum Gasteiger partial charge on any atom is -0.378 e. The predicted molar refractivity (Wildman–Crippen MR) is 80.7 cm³/mol. The van der Waals surface area contributed by atoms with Crippen LogP contribution in [0.1, 0.15) is 42.9 Å². The summed E-state index contributed by atoms with van der Waals surface area (Å²) < 4.78 is 5.77. The number of aryl methyl sites for hydroxylation is 2. The van der Waals surface area contributed by atoms with Gasteiger partial charge in [0.1, 0.15) is 0 Å². The van der Waals surface area contributed by atoms with Crippen LogP contribution in [0.3, 0.4) is 0 Å². The minimum absolute atomic E-state index is 0.468. The van der Waals surface area contributed by atoms with Gasteiger partial charge in [-0.25, -0.2) is 0 Å². The standard InChI is InChI=1S/C17H27NO/c1-4-18-16(12-17-6-5-9-19-17)11-15-8-7-13(2)14(3)10-15/h7-8,10,16-18H,4-6,9,11-12H2,1-3H3. The SMILES string of the molecule is CCNC(Cc1ccc(C)c(C)c1)CC1CCCO1. The molecule has 1 aliphatic heterocycles. The maximum Gasteiger partial charge on any atom is 0.0590 e. The Bertz CT molecular complexity index is 396. The average molecular weight is 261 g/mol. The lowest BCUT2D eigenvalue weighted by Gasteiger charge is -2.21. The first-order valence-electron chi connectivity index (χ1n) is 7.60. The molecule has 0 radical (unpaired) electrons. The molecule has 0 bridgehead atoms. The summed E-state index contributed by atoms with van der Waals surface area (Å²) in [4.78, 5) is 0. The Morgan fingerprint density at radius 3 is 2.79 bits per heavy atom. The lowest BCUT2D eigenvalue weighted by Crippen LogP contribution is -2.34. The molecule has 1 aromatic rings.